The van der Waals surface area contributed by atoms with Crippen molar-refractivity contribution in [3.05, 3.63) is 78.2 Å². The summed E-state index contributed by atoms with van der Waals surface area (Å²) in [5.74, 6) is 0.485. The molecule has 5 rings (SSSR count). The number of anilines is 1. The molecule has 29 heavy (non-hydrogen) atoms. The zero-order valence-electron chi connectivity index (χ0n) is 15.9. The number of aromatic nitrogens is 3. The first-order chi connectivity index (χ1) is 14.2. The lowest BCUT2D eigenvalue weighted by Crippen LogP contribution is -2.13. The SMILES string of the molecule is Nc1ncnc2c1c(-c1ccc(C(=O)c3ccccc3)cc1)cn2C1CCNC1. The minimum absolute atomic E-state index is 0.0134. The number of hydrogen-bond acceptors (Lipinski definition) is 5. The fourth-order valence-corrected chi connectivity index (χ4v) is 4.04. The maximum Gasteiger partial charge on any atom is 0.193 e. The van der Waals surface area contributed by atoms with Crippen LogP contribution in [0.5, 0.6) is 0 Å². The van der Waals surface area contributed by atoms with Gasteiger partial charge in [0.25, 0.3) is 0 Å². The summed E-state index contributed by atoms with van der Waals surface area (Å²) in [6.07, 6.45) is 4.68. The van der Waals surface area contributed by atoms with Gasteiger partial charge in [0.15, 0.2) is 5.78 Å². The highest BCUT2D eigenvalue weighted by molar-refractivity contribution is 6.09. The fourth-order valence-electron chi connectivity index (χ4n) is 4.04. The zero-order chi connectivity index (χ0) is 19.8. The lowest BCUT2D eigenvalue weighted by atomic mass is 9.99. The van der Waals surface area contributed by atoms with Crippen molar-refractivity contribution in [3.63, 3.8) is 0 Å². The molecule has 4 aromatic rings. The monoisotopic (exact) mass is 383 g/mol. The van der Waals surface area contributed by atoms with Gasteiger partial charge in [-0.05, 0) is 18.5 Å². The lowest BCUT2D eigenvalue weighted by Gasteiger charge is -2.11. The highest BCUT2D eigenvalue weighted by atomic mass is 16.1. The van der Waals surface area contributed by atoms with E-state index in [9.17, 15) is 4.79 Å². The van der Waals surface area contributed by atoms with Crippen molar-refractivity contribution in [1.82, 2.24) is 19.9 Å². The molecular formula is C23H21N5O. The van der Waals surface area contributed by atoms with Gasteiger partial charge >= 0.3 is 0 Å². The third kappa shape index (κ3) is 3.07. The van der Waals surface area contributed by atoms with Gasteiger partial charge in [-0.3, -0.25) is 4.79 Å². The molecule has 1 unspecified atom stereocenters. The highest BCUT2D eigenvalue weighted by Gasteiger charge is 2.22. The van der Waals surface area contributed by atoms with E-state index in [4.69, 9.17) is 5.73 Å². The van der Waals surface area contributed by atoms with Crippen LogP contribution in [0.15, 0.2) is 67.1 Å². The van der Waals surface area contributed by atoms with Gasteiger partial charge in [0.2, 0.25) is 0 Å². The Morgan fingerprint density at radius 2 is 1.79 bits per heavy atom. The first-order valence-corrected chi connectivity index (χ1v) is 9.74. The normalized spacial score (nSPS) is 16.3. The molecule has 2 aromatic heterocycles. The average molecular weight is 383 g/mol. The second kappa shape index (κ2) is 7.14. The van der Waals surface area contributed by atoms with Gasteiger partial charge in [-0.15, -0.1) is 0 Å². The van der Waals surface area contributed by atoms with Crippen molar-refractivity contribution in [2.45, 2.75) is 12.5 Å². The first kappa shape index (κ1) is 17.6. The van der Waals surface area contributed by atoms with Crippen LogP contribution in [0, 0.1) is 0 Å². The van der Waals surface area contributed by atoms with Gasteiger partial charge in [-0.1, -0.05) is 54.6 Å². The third-order valence-corrected chi connectivity index (χ3v) is 5.56. The van der Waals surface area contributed by atoms with Crippen molar-refractivity contribution in [2.24, 2.45) is 0 Å². The topological polar surface area (TPSA) is 85.8 Å². The molecule has 0 radical (unpaired) electrons. The minimum atomic E-state index is 0.0134. The number of carbonyl (C=O) groups is 1. The van der Waals surface area contributed by atoms with Crippen molar-refractivity contribution >= 4 is 22.6 Å². The Kier molecular flexibility index (Phi) is 4.33. The number of fused-ring (bicyclic) bond motifs is 1. The molecule has 6 nitrogen and oxygen atoms in total. The molecule has 1 aliphatic heterocycles. The summed E-state index contributed by atoms with van der Waals surface area (Å²) in [5.41, 5.74) is 10.4. The van der Waals surface area contributed by atoms with E-state index in [0.717, 1.165) is 41.7 Å². The van der Waals surface area contributed by atoms with Gasteiger partial charge < -0.3 is 15.6 Å². The van der Waals surface area contributed by atoms with E-state index in [1.54, 1.807) is 0 Å². The van der Waals surface area contributed by atoms with Crippen molar-refractivity contribution < 1.29 is 4.79 Å². The standard InChI is InChI=1S/C23H21N5O/c24-22-20-19(13-28(18-10-11-25-12-18)23(20)27-14-26-22)15-6-8-17(9-7-15)21(29)16-4-2-1-3-5-16/h1-9,13-14,18,25H,10-12H2,(H2,24,26,27). The minimum Gasteiger partial charge on any atom is -0.383 e. The Labute approximate surface area is 168 Å². The molecule has 1 atom stereocenters. The highest BCUT2D eigenvalue weighted by Crippen LogP contribution is 2.35. The van der Waals surface area contributed by atoms with Crippen LogP contribution >= 0.6 is 0 Å². The van der Waals surface area contributed by atoms with E-state index in [2.05, 4.69) is 26.0 Å². The number of nitrogen functional groups attached to an aromatic ring is 1. The Morgan fingerprint density at radius 3 is 2.52 bits per heavy atom. The number of hydrogen-bond donors (Lipinski definition) is 2. The van der Waals surface area contributed by atoms with Crippen LogP contribution in [-0.4, -0.2) is 33.4 Å². The molecule has 1 saturated heterocycles. The van der Waals surface area contributed by atoms with E-state index in [0.29, 0.717) is 23.0 Å². The van der Waals surface area contributed by atoms with E-state index in [1.165, 1.54) is 6.33 Å². The Hall–Kier alpha value is -3.51. The molecule has 2 aromatic carbocycles. The van der Waals surface area contributed by atoms with Crippen LogP contribution in [0.2, 0.25) is 0 Å². The number of rotatable bonds is 4. The van der Waals surface area contributed by atoms with Crippen molar-refractivity contribution in [1.29, 1.82) is 0 Å². The molecular weight excluding hydrogens is 362 g/mol. The first-order valence-electron chi connectivity index (χ1n) is 9.74. The summed E-state index contributed by atoms with van der Waals surface area (Å²) in [5, 5.41) is 4.26. The maximum atomic E-state index is 12.7. The molecule has 1 aliphatic rings. The predicted molar refractivity (Wildman–Crippen MR) is 114 cm³/mol. The van der Waals surface area contributed by atoms with Gasteiger partial charge in [-0.25, -0.2) is 9.97 Å². The quantitative estimate of drug-likeness (QED) is 0.527. The number of ketones is 1. The Morgan fingerprint density at radius 1 is 1.03 bits per heavy atom. The van der Waals surface area contributed by atoms with Crippen LogP contribution in [-0.2, 0) is 0 Å². The summed E-state index contributed by atoms with van der Waals surface area (Å²) in [4.78, 5) is 21.4. The summed E-state index contributed by atoms with van der Waals surface area (Å²) in [7, 11) is 0. The summed E-state index contributed by atoms with van der Waals surface area (Å²) < 4.78 is 2.20. The molecule has 3 N–H and O–H groups in total. The number of nitrogens with one attached hydrogen (secondary N) is 1. The summed E-state index contributed by atoms with van der Waals surface area (Å²) in [6.45, 7) is 1.91. The molecule has 0 bridgehead atoms. The predicted octanol–water partition coefficient (Wildman–Crippen LogP) is 3.45. The summed E-state index contributed by atoms with van der Waals surface area (Å²) >= 11 is 0. The van der Waals surface area contributed by atoms with Crippen LogP contribution in [0.3, 0.4) is 0 Å². The van der Waals surface area contributed by atoms with Gasteiger partial charge in [0.05, 0.1) is 5.39 Å². The van der Waals surface area contributed by atoms with Gasteiger partial charge in [0.1, 0.15) is 17.8 Å². The van der Waals surface area contributed by atoms with Crippen LogP contribution in [0.25, 0.3) is 22.2 Å². The van der Waals surface area contributed by atoms with E-state index < -0.39 is 0 Å². The van der Waals surface area contributed by atoms with Crippen LogP contribution < -0.4 is 11.1 Å². The molecule has 1 fully saturated rings. The average Bonchev–Trinajstić information content (AvgIpc) is 3.42. The largest absolute Gasteiger partial charge is 0.383 e. The maximum absolute atomic E-state index is 12.7. The van der Waals surface area contributed by atoms with Gasteiger partial charge in [0, 0.05) is 35.5 Å². The number of benzene rings is 2. The van der Waals surface area contributed by atoms with E-state index in [1.807, 2.05) is 54.6 Å². The third-order valence-electron chi connectivity index (χ3n) is 5.56. The molecule has 144 valence electrons. The fraction of sp³-hybridized carbons (Fsp3) is 0.174. The van der Waals surface area contributed by atoms with Crippen LogP contribution in [0.1, 0.15) is 28.4 Å². The second-order valence-corrected chi connectivity index (χ2v) is 7.33. The van der Waals surface area contributed by atoms with Crippen molar-refractivity contribution in [2.75, 3.05) is 18.8 Å². The Balaban J connectivity index is 1.56. The molecule has 0 aliphatic carbocycles. The molecule has 3 heterocycles. The Bertz CT molecular complexity index is 1180. The molecule has 6 heteroatoms. The van der Waals surface area contributed by atoms with E-state index >= 15 is 0 Å². The number of nitrogens with two attached hydrogens (primary N) is 1. The number of carbonyl (C=O) groups excluding carboxylic acids is 1. The lowest BCUT2D eigenvalue weighted by molar-refractivity contribution is 0.103. The molecule has 0 spiro atoms. The van der Waals surface area contributed by atoms with E-state index in [-0.39, 0.29) is 5.78 Å². The zero-order valence-corrected chi connectivity index (χ0v) is 15.9. The molecule has 0 amide bonds. The van der Waals surface area contributed by atoms with Crippen LogP contribution in [0.4, 0.5) is 5.82 Å². The van der Waals surface area contributed by atoms with Crippen molar-refractivity contribution in [3.8, 4) is 11.1 Å². The van der Waals surface area contributed by atoms with Gasteiger partial charge in [-0.2, -0.15) is 0 Å². The molecule has 0 saturated carbocycles. The second-order valence-electron chi connectivity index (χ2n) is 7.33. The number of nitrogens with zero attached hydrogens (tertiary/aromatic N) is 3. The smallest absolute Gasteiger partial charge is 0.193 e. The summed E-state index contributed by atoms with van der Waals surface area (Å²) in [6, 6.07) is 17.3.